The van der Waals surface area contributed by atoms with E-state index in [0.29, 0.717) is 70.2 Å². The third-order valence-electron chi connectivity index (χ3n) is 5.54. The van der Waals surface area contributed by atoms with Gasteiger partial charge in [0.25, 0.3) is 0 Å². The van der Waals surface area contributed by atoms with E-state index in [9.17, 15) is 9.59 Å². The predicted molar refractivity (Wildman–Crippen MR) is 98.7 cm³/mol. The van der Waals surface area contributed by atoms with Gasteiger partial charge in [-0.2, -0.15) is 0 Å². The molecule has 2 saturated heterocycles. The van der Waals surface area contributed by atoms with Crippen LogP contribution in [0.15, 0.2) is 18.2 Å². The second kappa shape index (κ2) is 7.97. The minimum atomic E-state index is -0.485. The average Bonchev–Trinajstić information content (AvgIpc) is 3.34. The fourth-order valence-electron chi connectivity index (χ4n) is 3.88. The normalized spacial score (nSPS) is 19.8. The Morgan fingerprint density at radius 2 is 1.82 bits per heavy atom. The lowest BCUT2D eigenvalue weighted by atomic mass is 10.0. The Balaban J connectivity index is 1.29. The first-order chi connectivity index (χ1) is 13.5. The van der Waals surface area contributed by atoms with Gasteiger partial charge >= 0.3 is 0 Å². The SMILES string of the molecule is CC(=O)N(CCC(=O)N1CCC2(CC1)OCCO2)Cc1ccc2c(c1)OCO2. The van der Waals surface area contributed by atoms with Gasteiger partial charge in [0.15, 0.2) is 17.3 Å². The van der Waals surface area contributed by atoms with Crippen LogP contribution in [0, 0.1) is 0 Å². The Morgan fingerprint density at radius 1 is 1.11 bits per heavy atom. The maximum atomic E-state index is 12.6. The summed E-state index contributed by atoms with van der Waals surface area (Å²) < 4.78 is 22.1. The highest BCUT2D eigenvalue weighted by molar-refractivity contribution is 5.78. The molecular weight excluding hydrogens is 364 g/mol. The van der Waals surface area contributed by atoms with Crippen LogP contribution in [0.5, 0.6) is 11.5 Å². The van der Waals surface area contributed by atoms with Crippen LogP contribution in [0.4, 0.5) is 0 Å². The minimum absolute atomic E-state index is 0.0594. The van der Waals surface area contributed by atoms with Crippen LogP contribution in [0.3, 0.4) is 0 Å². The Hall–Kier alpha value is -2.32. The molecule has 152 valence electrons. The maximum absolute atomic E-state index is 12.6. The van der Waals surface area contributed by atoms with Crippen molar-refractivity contribution in [2.24, 2.45) is 0 Å². The number of rotatable bonds is 5. The number of nitrogens with zero attached hydrogens (tertiary/aromatic N) is 2. The lowest BCUT2D eigenvalue weighted by Gasteiger charge is -2.37. The Bertz CT molecular complexity index is 736. The van der Waals surface area contributed by atoms with Crippen LogP contribution in [0.2, 0.25) is 0 Å². The summed E-state index contributed by atoms with van der Waals surface area (Å²) in [6.45, 7) is 5.07. The highest BCUT2D eigenvalue weighted by Crippen LogP contribution is 2.33. The van der Waals surface area contributed by atoms with Gasteiger partial charge in [-0.1, -0.05) is 6.07 Å². The standard InChI is InChI=1S/C20H26N2O6/c1-15(23)22(13-16-2-3-17-18(12-16)26-14-25-17)7-4-19(24)21-8-5-20(6-9-21)27-10-11-28-20/h2-3,12H,4-11,13-14H2,1H3. The minimum Gasteiger partial charge on any atom is -0.454 e. The molecule has 1 aromatic carbocycles. The molecular formula is C20H26N2O6. The summed E-state index contributed by atoms with van der Waals surface area (Å²) in [4.78, 5) is 28.2. The molecule has 0 bridgehead atoms. The zero-order valence-electron chi connectivity index (χ0n) is 16.1. The zero-order valence-corrected chi connectivity index (χ0v) is 16.1. The number of hydrogen-bond acceptors (Lipinski definition) is 6. The Labute approximate surface area is 164 Å². The van der Waals surface area contributed by atoms with Gasteiger partial charge in [-0.15, -0.1) is 0 Å². The van der Waals surface area contributed by atoms with Crippen molar-refractivity contribution in [2.75, 3.05) is 39.6 Å². The van der Waals surface area contributed by atoms with Crippen LogP contribution in [0.25, 0.3) is 0 Å². The molecule has 8 nitrogen and oxygen atoms in total. The first-order valence-corrected chi connectivity index (χ1v) is 9.74. The van der Waals surface area contributed by atoms with Gasteiger partial charge in [0.1, 0.15) is 0 Å². The van der Waals surface area contributed by atoms with E-state index < -0.39 is 5.79 Å². The Morgan fingerprint density at radius 3 is 2.54 bits per heavy atom. The summed E-state index contributed by atoms with van der Waals surface area (Å²) in [5.41, 5.74) is 0.947. The molecule has 8 heteroatoms. The number of carbonyl (C=O) groups excluding carboxylic acids is 2. The summed E-state index contributed by atoms with van der Waals surface area (Å²) in [5.74, 6) is 0.921. The number of amides is 2. The summed E-state index contributed by atoms with van der Waals surface area (Å²) in [5, 5.41) is 0. The molecule has 3 aliphatic heterocycles. The molecule has 1 aromatic rings. The van der Waals surface area contributed by atoms with E-state index in [-0.39, 0.29) is 18.6 Å². The number of ether oxygens (including phenoxy) is 4. The van der Waals surface area contributed by atoms with Crippen LogP contribution >= 0.6 is 0 Å². The summed E-state index contributed by atoms with van der Waals surface area (Å²) >= 11 is 0. The van der Waals surface area contributed by atoms with Crippen molar-refractivity contribution >= 4 is 11.8 Å². The van der Waals surface area contributed by atoms with Crippen molar-refractivity contribution in [1.29, 1.82) is 0 Å². The molecule has 0 atom stereocenters. The zero-order chi connectivity index (χ0) is 19.6. The summed E-state index contributed by atoms with van der Waals surface area (Å²) in [7, 11) is 0. The Kier molecular flexibility index (Phi) is 5.41. The lowest BCUT2D eigenvalue weighted by molar-refractivity contribution is -0.187. The molecule has 3 aliphatic rings. The van der Waals surface area contributed by atoms with Crippen molar-refractivity contribution in [3.05, 3.63) is 23.8 Å². The van der Waals surface area contributed by atoms with E-state index in [0.717, 1.165) is 5.56 Å². The van der Waals surface area contributed by atoms with Gasteiger partial charge < -0.3 is 28.7 Å². The molecule has 0 N–H and O–H groups in total. The molecule has 0 radical (unpaired) electrons. The monoisotopic (exact) mass is 390 g/mol. The van der Waals surface area contributed by atoms with Gasteiger partial charge in [-0.05, 0) is 17.7 Å². The topological polar surface area (TPSA) is 77.5 Å². The number of hydrogen-bond donors (Lipinski definition) is 0. The van der Waals surface area contributed by atoms with E-state index in [2.05, 4.69) is 0 Å². The molecule has 2 fully saturated rings. The fraction of sp³-hybridized carbons (Fsp3) is 0.600. The molecule has 0 aromatic heterocycles. The molecule has 0 unspecified atom stereocenters. The van der Waals surface area contributed by atoms with Crippen LogP contribution in [0.1, 0.15) is 31.7 Å². The molecule has 4 rings (SSSR count). The number of piperidine rings is 1. The molecule has 1 spiro atoms. The number of carbonyl (C=O) groups is 2. The van der Waals surface area contributed by atoms with Gasteiger partial charge in [0.2, 0.25) is 18.6 Å². The molecule has 0 aliphatic carbocycles. The third-order valence-corrected chi connectivity index (χ3v) is 5.54. The van der Waals surface area contributed by atoms with Crippen molar-refractivity contribution in [1.82, 2.24) is 9.80 Å². The first kappa shape index (κ1) is 19.0. The lowest BCUT2D eigenvalue weighted by Crippen LogP contribution is -2.47. The van der Waals surface area contributed by atoms with E-state index in [1.54, 1.807) is 4.90 Å². The van der Waals surface area contributed by atoms with Crippen molar-refractivity contribution in [3.63, 3.8) is 0 Å². The predicted octanol–water partition coefficient (Wildman–Crippen LogP) is 1.52. The van der Waals surface area contributed by atoms with Crippen LogP contribution < -0.4 is 9.47 Å². The smallest absolute Gasteiger partial charge is 0.231 e. The largest absolute Gasteiger partial charge is 0.454 e. The van der Waals surface area contributed by atoms with E-state index in [1.165, 1.54) is 6.92 Å². The second-order valence-corrected chi connectivity index (χ2v) is 7.37. The van der Waals surface area contributed by atoms with Gasteiger partial charge in [-0.3, -0.25) is 9.59 Å². The quantitative estimate of drug-likeness (QED) is 0.759. The van der Waals surface area contributed by atoms with Gasteiger partial charge in [0.05, 0.1) is 13.2 Å². The highest BCUT2D eigenvalue weighted by atomic mass is 16.7. The summed E-state index contributed by atoms with van der Waals surface area (Å²) in [6.07, 6.45) is 1.71. The van der Waals surface area contributed by atoms with Gasteiger partial charge in [-0.25, -0.2) is 0 Å². The average molecular weight is 390 g/mol. The van der Waals surface area contributed by atoms with Crippen LogP contribution in [-0.4, -0.2) is 67.0 Å². The van der Waals surface area contributed by atoms with E-state index in [1.807, 2.05) is 23.1 Å². The van der Waals surface area contributed by atoms with Crippen molar-refractivity contribution < 1.29 is 28.5 Å². The third kappa shape index (κ3) is 4.07. The molecule has 2 amide bonds. The first-order valence-electron chi connectivity index (χ1n) is 9.74. The molecule has 3 heterocycles. The van der Waals surface area contributed by atoms with Gasteiger partial charge in [0, 0.05) is 52.4 Å². The fourth-order valence-corrected chi connectivity index (χ4v) is 3.88. The van der Waals surface area contributed by atoms with Crippen LogP contribution in [-0.2, 0) is 25.6 Å². The van der Waals surface area contributed by atoms with Crippen molar-refractivity contribution in [2.45, 2.75) is 38.5 Å². The number of likely N-dealkylation sites (tertiary alicyclic amines) is 1. The summed E-state index contributed by atoms with van der Waals surface area (Å²) in [6, 6.07) is 5.64. The maximum Gasteiger partial charge on any atom is 0.231 e. The van der Waals surface area contributed by atoms with Crippen molar-refractivity contribution in [3.8, 4) is 11.5 Å². The number of fused-ring (bicyclic) bond motifs is 1. The second-order valence-electron chi connectivity index (χ2n) is 7.37. The molecule has 0 saturated carbocycles. The number of benzene rings is 1. The van der Waals surface area contributed by atoms with E-state index >= 15 is 0 Å². The van der Waals surface area contributed by atoms with E-state index in [4.69, 9.17) is 18.9 Å². The molecule has 28 heavy (non-hydrogen) atoms. The highest BCUT2D eigenvalue weighted by Gasteiger charge is 2.40.